The summed E-state index contributed by atoms with van der Waals surface area (Å²) >= 11 is 6.01. The van der Waals surface area contributed by atoms with Crippen LogP contribution in [0.3, 0.4) is 0 Å². The molecule has 0 unspecified atom stereocenters. The van der Waals surface area contributed by atoms with E-state index in [1.165, 1.54) is 0 Å². The smallest absolute Gasteiger partial charge is 0.246 e. The van der Waals surface area contributed by atoms with Gasteiger partial charge in [-0.1, -0.05) is 11.6 Å². The van der Waals surface area contributed by atoms with Gasteiger partial charge in [0.05, 0.1) is 17.7 Å². The van der Waals surface area contributed by atoms with Crippen LogP contribution < -0.4 is 15.4 Å². The third-order valence-electron chi connectivity index (χ3n) is 3.04. The molecular formula is C12H15ClN2O2. The van der Waals surface area contributed by atoms with Crippen LogP contribution in [0.25, 0.3) is 0 Å². The highest BCUT2D eigenvalue weighted by Crippen LogP contribution is 2.36. The molecule has 1 aliphatic carbocycles. The lowest BCUT2D eigenvalue weighted by molar-refractivity contribution is -0.120. The van der Waals surface area contributed by atoms with Crippen molar-refractivity contribution in [3.8, 4) is 5.75 Å². The number of anilines is 1. The SMILES string of the molecule is COc1ccc(N(C)C(=O)C2(N)CC2)cc1Cl. The zero-order valence-corrected chi connectivity index (χ0v) is 10.6. The largest absolute Gasteiger partial charge is 0.495 e. The summed E-state index contributed by atoms with van der Waals surface area (Å²) in [5, 5.41) is 0.478. The van der Waals surface area contributed by atoms with Gasteiger partial charge in [-0.05, 0) is 31.0 Å². The monoisotopic (exact) mass is 254 g/mol. The number of amides is 1. The van der Waals surface area contributed by atoms with E-state index < -0.39 is 5.54 Å². The summed E-state index contributed by atoms with van der Waals surface area (Å²) in [6, 6.07) is 5.22. The first-order chi connectivity index (χ1) is 7.98. The van der Waals surface area contributed by atoms with Gasteiger partial charge in [0.15, 0.2) is 0 Å². The molecule has 1 amide bonds. The first kappa shape index (κ1) is 12.2. The number of methoxy groups -OCH3 is 1. The molecule has 92 valence electrons. The summed E-state index contributed by atoms with van der Waals surface area (Å²) in [5.74, 6) is 0.517. The van der Waals surface area contributed by atoms with Crippen LogP contribution in [-0.4, -0.2) is 25.6 Å². The number of carbonyl (C=O) groups excluding carboxylic acids is 1. The number of carbonyl (C=O) groups is 1. The van der Waals surface area contributed by atoms with Crippen LogP contribution in [0, 0.1) is 0 Å². The summed E-state index contributed by atoms with van der Waals surface area (Å²) in [7, 11) is 3.25. The quantitative estimate of drug-likeness (QED) is 0.895. The number of nitrogens with zero attached hydrogens (tertiary/aromatic N) is 1. The summed E-state index contributed by atoms with van der Waals surface area (Å²) < 4.78 is 5.06. The number of hydrogen-bond donors (Lipinski definition) is 1. The summed E-state index contributed by atoms with van der Waals surface area (Å²) in [4.78, 5) is 13.6. The fraction of sp³-hybridized carbons (Fsp3) is 0.417. The molecule has 2 N–H and O–H groups in total. The van der Waals surface area contributed by atoms with Crippen molar-refractivity contribution in [3.05, 3.63) is 23.2 Å². The Morgan fingerprint density at radius 1 is 1.53 bits per heavy atom. The van der Waals surface area contributed by atoms with Crippen molar-refractivity contribution in [2.24, 2.45) is 5.73 Å². The molecule has 0 radical (unpaired) electrons. The molecule has 1 aromatic carbocycles. The molecule has 0 saturated heterocycles. The summed E-state index contributed by atoms with van der Waals surface area (Å²) in [6.45, 7) is 0. The van der Waals surface area contributed by atoms with Crippen LogP contribution in [0.15, 0.2) is 18.2 Å². The first-order valence-corrected chi connectivity index (χ1v) is 5.76. The maximum Gasteiger partial charge on any atom is 0.246 e. The van der Waals surface area contributed by atoms with E-state index in [1.807, 2.05) is 0 Å². The van der Waals surface area contributed by atoms with Crippen molar-refractivity contribution in [1.29, 1.82) is 0 Å². The van der Waals surface area contributed by atoms with E-state index >= 15 is 0 Å². The normalized spacial score (nSPS) is 16.5. The second-order valence-electron chi connectivity index (χ2n) is 4.34. The van der Waals surface area contributed by atoms with E-state index in [9.17, 15) is 4.79 Å². The van der Waals surface area contributed by atoms with Crippen molar-refractivity contribution in [2.75, 3.05) is 19.1 Å². The van der Waals surface area contributed by atoms with Gasteiger partial charge in [-0.15, -0.1) is 0 Å². The maximum absolute atomic E-state index is 12.0. The molecule has 0 aromatic heterocycles. The maximum atomic E-state index is 12.0. The molecule has 1 aromatic rings. The van der Waals surface area contributed by atoms with Gasteiger partial charge in [-0.25, -0.2) is 0 Å². The topological polar surface area (TPSA) is 55.6 Å². The highest BCUT2D eigenvalue weighted by Gasteiger charge is 2.47. The Balaban J connectivity index is 2.22. The van der Waals surface area contributed by atoms with Gasteiger partial charge in [-0.2, -0.15) is 0 Å². The van der Waals surface area contributed by atoms with Crippen LogP contribution in [0.4, 0.5) is 5.69 Å². The fourth-order valence-electron chi connectivity index (χ4n) is 1.66. The van der Waals surface area contributed by atoms with Gasteiger partial charge < -0.3 is 15.4 Å². The Labute approximate surface area is 105 Å². The van der Waals surface area contributed by atoms with Crippen LogP contribution in [0.2, 0.25) is 5.02 Å². The van der Waals surface area contributed by atoms with Crippen molar-refractivity contribution in [1.82, 2.24) is 0 Å². The van der Waals surface area contributed by atoms with E-state index in [2.05, 4.69) is 0 Å². The van der Waals surface area contributed by atoms with Crippen LogP contribution in [0.5, 0.6) is 5.75 Å². The summed E-state index contributed by atoms with van der Waals surface area (Å²) in [6.07, 6.45) is 1.50. The van der Waals surface area contributed by atoms with Gasteiger partial charge in [-0.3, -0.25) is 4.79 Å². The zero-order chi connectivity index (χ0) is 12.6. The molecular weight excluding hydrogens is 240 g/mol. The molecule has 1 saturated carbocycles. The molecule has 4 nitrogen and oxygen atoms in total. The van der Waals surface area contributed by atoms with Crippen LogP contribution in [-0.2, 0) is 4.79 Å². The first-order valence-electron chi connectivity index (χ1n) is 5.38. The van der Waals surface area contributed by atoms with Crippen molar-refractivity contribution >= 4 is 23.2 Å². The van der Waals surface area contributed by atoms with Crippen LogP contribution >= 0.6 is 11.6 Å². The number of rotatable bonds is 3. The average Bonchev–Trinajstić information content (AvgIpc) is 3.06. The lowest BCUT2D eigenvalue weighted by Gasteiger charge is -2.21. The third-order valence-corrected chi connectivity index (χ3v) is 3.34. The molecule has 1 fully saturated rings. The number of nitrogens with two attached hydrogens (primary N) is 1. The lowest BCUT2D eigenvalue weighted by Crippen LogP contribution is -2.43. The molecule has 0 atom stereocenters. The van der Waals surface area contributed by atoms with E-state index in [0.717, 1.165) is 18.5 Å². The Morgan fingerprint density at radius 2 is 2.18 bits per heavy atom. The Morgan fingerprint density at radius 3 is 2.65 bits per heavy atom. The number of likely N-dealkylation sites (N-methyl/N-ethyl adjacent to an activating group) is 1. The van der Waals surface area contributed by atoms with Crippen molar-refractivity contribution in [3.63, 3.8) is 0 Å². The van der Waals surface area contributed by atoms with E-state index in [4.69, 9.17) is 22.1 Å². The molecule has 0 heterocycles. The molecule has 0 spiro atoms. The number of ether oxygens (including phenoxy) is 1. The summed E-state index contributed by atoms with van der Waals surface area (Å²) in [5.41, 5.74) is 5.93. The number of halogens is 1. The van der Waals surface area contributed by atoms with E-state index in [-0.39, 0.29) is 5.91 Å². The third kappa shape index (κ3) is 2.23. The zero-order valence-electron chi connectivity index (χ0n) is 9.87. The Bertz CT molecular complexity index is 458. The highest BCUT2D eigenvalue weighted by atomic mass is 35.5. The fourth-order valence-corrected chi connectivity index (χ4v) is 1.92. The minimum Gasteiger partial charge on any atom is -0.495 e. The minimum atomic E-state index is -0.666. The average molecular weight is 255 g/mol. The van der Waals surface area contributed by atoms with Crippen molar-refractivity contribution < 1.29 is 9.53 Å². The minimum absolute atomic E-state index is 0.0706. The van der Waals surface area contributed by atoms with Crippen molar-refractivity contribution in [2.45, 2.75) is 18.4 Å². The van der Waals surface area contributed by atoms with Gasteiger partial charge in [0, 0.05) is 12.7 Å². The highest BCUT2D eigenvalue weighted by molar-refractivity contribution is 6.32. The molecule has 2 rings (SSSR count). The van der Waals surface area contributed by atoms with Gasteiger partial charge in [0.2, 0.25) is 5.91 Å². The second-order valence-corrected chi connectivity index (χ2v) is 4.75. The standard InChI is InChI=1S/C12H15ClN2O2/c1-15(11(16)12(14)5-6-12)8-3-4-10(17-2)9(13)7-8/h3-4,7H,5-6,14H2,1-2H3. The Kier molecular flexibility index (Phi) is 3.02. The molecule has 5 heteroatoms. The van der Waals surface area contributed by atoms with Gasteiger partial charge in [0.25, 0.3) is 0 Å². The van der Waals surface area contributed by atoms with E-state index in [0.29, 0.717) is 10.8 Å². The molecule has 0 bridgehead atoms. The predicted octanol–water partition coefficient (Wildman–Crippen LogP) is 1.80. The second kappa shape index (κ2) is 4.20. The number of benzene rings is 1. The van der Waals surface area contributed by atoms with Gasteiger partial charge >= 0.3 is 0 Å². The molecule has 1 aliphatic rings. The van der Waals surface area contributed by atoms with E-state index in [1.54, 1.807) is 37.3 Å². The predicted molar refractivity (Wildman–Crippen MR) is 67.6 cm³/mol. The van der Waals surface area contributed by atoms with Crippen LogP contribution in [0.1, 0.15) is 12.8 Å². The lowest BCUT2D eigenvalue weighted by atomic mass is 10.2. The molecule has 17 heavy (non-hydrogen) atoms. The number of hydrogen-bond acceptors (Lipinski definition) is 3. The molecule has 0 aliphatic heterocycles. The van der Waals surface area contributed by atoms with Gasteiger partial charge in [0.1, 0.15) is 5.75 Å². The Hall–Kier alpha value is -1.26.